The molecule has 1 aliphatic heterocycles. The molecule has 1 amide bonds. The van der Waals surface area contributed by atoms with Crippen LogP contribution in [0.2, 0.25) is 0 Å². The lowest BCUT2D eigenvalue weighted by atomic mass is 10.1. The van der Waals surface area contributed by atoms with Crippen molar-refractivity contribution < 1.29 is 14.3 Å². The zero-order valence-electron chi connectivity index (χ0n) is 13.1. The molecule has 22 heavy (non-hydrogen) atoms. The first-order valence-electron chi connectivity index (χ1n) is 8.02. The van der Waals surface area contributed by atoms with Crippen molar-refractivity contribution in [3.63, 3.8) is 0 Å². The SMILES string of the molecule is COc1ccccc1NCC(=O)N(C[C@H]1CCOC1)C1CC1. The number of nitrogens with zero attached hydrogens (tertiary/aromatic N) is 1. The normalized spacial score (nSPS) is 20.7. The maximum atomic E-state index is 12.6. The molecule has 120 valence electrons. The minimum absolute atomic E-state index is 0.167. The van der Waals surface area contributed by atoms with Crippen molar-refractivity contribution in [2.24, 2.45) is 5.92 Å². The van der Waals surface area contributed by atoms with Crippen molar-refractivity contribution in [2.75, 3.05) is 38.7 Å². The van der Waals surface area contributed by atoms with Gasteiger partial charge >= 0.3 is 0 Å². The topological polar surface area (TPSA) is 50.8 Å². The molecule has 0 aromatic heterocycles. The number of para-hydroxylation sites is 2. The van der Waals surface area contributed by atoms with E-state index in [1.807, 2.05) is 29.2 Å². The van der Waals surface area contributed by atoms with Gasteiger partial charge in [0, 0.05) is 25.1 Å². The van der Waals surface area contributed by atoms with E-state index in [4.69, 9.17) is 9.47 Å². The Morgan fingerprint density at radius 1 is 1.36 bits per heavy atom. The standard InChI is InChI=1S/C17H24N2O3/c1-21-16-5-3-2-4-15(16)18-10-17(20)19(14-6-7-14)11-13-8-9-22-12-13/h2-5,13-14,18H,6-12H2,1H3/t13-/m1/s1. The first-order valence-corrected chi connectivity index (χ1v) is 8.02. The number of carbonyl (C=O) groups is 1. The van der Waals surface area contributed by atoms with Gasteiger partial charge in [-0.15, -0.1) is 0 Å². The largest absolute Gasteiger partial charge is 0.495 e. The average molecular weight is 304 g/mol. The number of methoxy groups -OCH3 is 1. The van der Waals surface area contributed by atoms with E-state index >= 15 is 0 Å². The summed E-state index contributed by atoms with van der Waals surface area (Å²) in [6.45, 7) is 2.76. The van der Waals surface area contributed by atoms with Crippen LogP contribution in [0.1, 0.15) is 19.3 Å². The fourth-order valence-corrected chi connectivity index (χ4v) is 2.91. The van der Waals surface area contributed by atoms with Crippen LogP contribution in [0.4, 0.5) is 5.69 Å². The molecule has 2 aliphatic rings. The van der Waals surface area contributed by atoms with Gasteiger partial charge in [0.2, 0.25) is 5.91 Å². The van der Waals surface area contributed by atoms with Crippen LogP contribution in [0.15, 0.2) is 24.3 Å². The van der Waals surface area contributed by atoms with Crippen LogP contribution in [0.5, 0.6) is 5.75 Å². The van der Waals surface area contributed by atoms with Crippen molar-refractivity contribution in [3.8, 4) is 5.75 Å². The Balaban J connectivity index is 1.56. The maximum Gasteiger partial charge on any atom is 0.242 e. The van der Waals surface area contributed by atoms with Crippen molar-refractivity contribution in [1.29, 1.82) is 0 Å². The zero-order chi connectivity index (χ0) is 15.4. The molecule has 1 saturated heterocycles. The van der Waals surface area contributed by atoms with Crippen LogP contribution in [-0.4, -0.2) is 50.3 Å². The molecule has 2 fully saturated rings. The van der Waals surface area contributed by atoms with E-state index in [1.54, 1.807) is 7.11 Å². The molecule has 1 atom stereocenters. The number of carbonyl (C=O) groups excluding carboxylic acids is 1. The third-order valence-corrected chi connectivity index (χ3v) is 4.32. The van der Waals surface area contributed by atoms with E-state index in [0.717, 1.165) is 50.5 Å². The third-order valence-electron chi connectivity index (χ3n) is 4.32. The number of benzene rings is 1. The van der Waals surface area contributed by atoms with Gasteiger partial charge in [0.1, 0.15) is 5.75 Å². The maximum absolute atomic E-state index is 12.6. The number of rotatable bonds is 7. The second-order valence-corrected chi connectivity index (χ2v) is 6.06. The molecule has 1 heterocycles. The van der Waals surface area contributed by atoms with Gasteiger partial charge < -0.3 is 19.7 Å². The van der Waals surface area contributed by atoms with Gasteiger partial charge in [-0.1, -0.05) is 12.1 Å². The summed E-state index contributed by atoms with van der Waals surface area (Å²) in [6.07, 6.45) is 3.33. The number of anilines is 1. The summed E-state index contributed by atoms with van der Waals surface area (Å²) in [4.78, 5) is 14.6. The molecule has 1 aliphatic carbocycles. The summed E-state index contributed by atoms with van der Waals surface area (Å²) in [6, 6.07) is 8.11. The molecule has 1 saturated carbocycles. The van der Waals surface area contributed by atoms with E-state index in [-0.39, 0.29) is 5.91 Å². The smallest absolute Gasteiger partial charge is 0.242 e. The summed E-state index contributed by atoms with van der Waals surface area (Å²) >= 11 is 0. The van der Waals surface area contributed by atoms with Crippen molar-refractivity contribution >= 4 is 11.6 Å². The van der Waals surface area contributed by atoms with Crippen LogP contribution in [0.25, 0.3) is 0 Å². The lowest BCUT2D eigenvalue weighted by Crippen LogP contribution is -2.40. The van der Waals surface area contributed by atoms with Gasteiger partial charge in [-0.3, -0.25) is 4.79 Å². The second kappa shape index (κ2) is 7.01. The second-order valence-electron chi connectivity index (χ2n) is 6.06. The number of amides is 1. The summed E-state index contributed by atoms with van der Waals surface area (Å²) in [5, 5.41) is 3.20. The Morgan fingerprint density at radius 2 is 2.18 bits per heavy atom. The van der Waals surface area contributed by atoms with E-state index in [9.17, 15) is 4.79 Å². The zero-order valence-corrected chi connectivity index (χ0v) is 13.1. The summed E-state index contributed by atoms with van der Waals surface area (Å²) in [5.74, 6) is 1.42. The Hall–Kier alpha value is -1.75. The molecule has 1 N–H and O–H groups in total. The highest BCUT2D eigenvalue weighted by Gasteiger charge is 2.34. The van der Waals surface area contributed by atoms with Crippen molar-refractivity contribution in [2.45, 2.75) is 25.3 Å². The predicted octanol–water partition coefficient (Wildman–Crippen LogP) is 2.13. The molecular formula is C17H24N2O3. The van der Waals surface area contributed by atoms with Crippen LogP contribution in [0.3, 0.4) is 0 Å². The number of hydrogen-bond acceptors (Lipinski definition) is 4. The van der Waals surface area contributed by atoms with Gasteiger partial charge in [0.05, 0.1) is 25.9 Å². The van der Waals surface area contributed by atoms with E-state index in [1.165, 1.54) is 0 Å². The minimum atomic E-state index is 0.167. The van der Waals surface area contributed by atoms with Crippen molar-refractivity contribution in [3.05, 3.63) is 24.3 Å². The molecule has 1 aromatic rings. The van der Waals surface area contributed by atoms with E-state index in [0.29, 0.717) is 18.5 Å². The molecule has 0 spiro atoms. The predicted molar refractivity (Wildman–Crippen MR) is 85.1 cm³/mol. The van der Waals surface area contributed by atoms with Crippen LogP contribution in [-0.2, 0) is 9.53 Å². The Bertz CT molecular complexity index is 510. The van der Waals surface area contributed by atoms with Crippen LogP contribution < -0.4 is 10.1 Å². The summed E-state index contributed by atoms with van der Waals surface area (Å²) < 4.78 is 10.7. The quantitative estimate of drug-likeness (QED) is 0.838. The molecule has 0 bridgehead atoms. The van der Waals surface area contributed by atoms with Gasteiger partial charge in [-0.05, 0) is 31.4 Å². The molecule has 5 heteroatoms. The Morgan fingerprint density at radius 3 is 2.86 bits per heavy atom. The third kappa shape index (κ3) is 3.71. The van der Waals surface area contributed by atoms with E-state index < -0.39 is 0 Å². The highest BCUT2D eigenvalue weighted by Crippen LogP contribution is 2.29. The molecule has 0 radical (unpaired) electrons. The lowest BCUT2D eigenvalue weighted by molar-refractivity contribution is -0.130. The number of hydrogen-bond donors (Lipinski definition) is 1. The number of nitrogens with one attached hydrogen (secondary N) is 1. The average Bonchev–Trinajstić information content (AvgIpc) is 3.26. The van der Waals surface area contributed by atoms with Crippen LogP contribution in [0, 0.1) is 5.92 Å². The monoisotopic (exact) mass is 304 g/mol. The van der Waals surface area contributed by atoms with Gasteiger partial charge in [0.25, 0.3) is 0 Å². The van der Waals surface area contributed by atoms with E-state index in [2.05, 4.69) is 5.32 Å². The highest BCUT2D eigenvalue weighted by atomic mass is 16.5. The van der Waals surface area contributed by atoms with Crippen molar-refractivity contribution in [1.82, 2.24) is 4.90 Å². The molecule has 1 aromatic carbocycles. The summed E-state index contributed by atoms with van der Waals surface area (Å²) in [7, 11) is 1.64. The van der Waals surface area contributed by atoms with Gasteiger partial charge in [-0.2, -0.15) is 0 Å². The lowest BCUT2D eigenvalue weighted by Gasteiger charge is -2.25. The molecule has 3 rings (SSSR count). The fourth-order valence-electron chi connectivity index (χ4n) is 2.91. The molecule has 5 nitrogen and oxygen atoms in total. The number of ether oxygens (including phenoxy) is 2. The Labute approximate surface area is 131 Å². The Kier molecular flexibility index (Phi) is 4.83. The fraction of sp³-hybridized carbons (Fsp3) is 0.588. The highest BCUT2D eigenvalue weighted by molar-refractivity contribution is 5.82. The van der Waals surface area contributed by atoms with Crippen LogP contribution >= 0.6 is 0 Å². The van der Waals surface area contributed by atoms with Gasteiger partial charge in [-0.25, -0.2) is 0 Å². The first-order chi connectivity index (χ1) is 10.8. The summed E-state index contributed by atoms with van der Waals surface area (Å²) in [5.41, 5.74) is 0.860. The minimum Gasteiger partial charge on any atom is -0.495 e. The molecular weight excluding hydrogens is 280 g/mol. The van der Waals surface area contributed by atoms with Gasteiger partial charge in [0.15, 0.2) is 0 Å². The first kappa shape index (κ1) is 15.2. The molecule has 0 unspecified atom stereocenters.